The van der Waals surface area contributed by atoms with Gasteiger partial charge in [0, 0.05) is 6.54 Å². The monoisotopic (exact) mass is 214 g/mol. The van der Waals surface area contributed by atoms with Gasteiger partial charge in [-0.2, -0.15) is 0 Å². The maximum Gasteiger partial charge on any atom is 0.240 e. The fraction of sp³-hybridized carbons (Fsp3) is 0.333. The molecule has 0 aromatic heterocycles. The predicted octanol–water partition coefficient (Wildman–Crippen LogP) is 0.362. The number of hydrogen-bond donors (Lipinski definition) is 2. The third-order valence-electron chi connectivity index (χ3n) is 2.03. The SMILES string of the molecule is CNS(=O)(=O)c1ccc(CN)cc1C. The van der Waals surface area contributed by atoms with E-state index in [2.05, 4.69) is 4.72 Å². The van der Waals surface area contributed by atoms with E-state index < -0.39 is 10.0 Å². The minimum absolute atomic E-state index is 0.303. The van der Waals surface area contributed by atoms with E-state index in [0.29, 0.717) is 17.0 Å². The lowest BCUT2D eigenvalue weighted by atomic mass is 10.1. The Morgan fingerprint density at radius 1 is 1.43 bits per heavy atom. The molecule has 1 rings (SSSR count). The van der Waals surface area contributed by atoms with Crippen molar-refractivity contribution in [2.24, 2.45) is 5.73 Å². The summed E-state index contributed by atoms with van der Waals surface area (Å²) in [5.41, 5.74) is 7.08. The number of sulfonamides is 1. The first-order chi connectivity index (χ1) is 6.51. The van der Waals surface area contributed by atoms with Crippen molar-refractivity contribution in [3.05, 3.63) is 29.3 Å². The van der Waals surface area contributed by atoms with Gasteiger partial charge in [0.15, 0.2) is 0 Å². The zero-order valence-corrected chi connectivity index (χ0v) is 9.06. The number of hydrogen-bond acceptors (Lipinski definition) is 3. The van der Waals surface area contributed by atoms with Crippen LogP contribution in [0.25, 0.3) is 0 Å². The van der Waals surface area contributed by atoms with Gasteiger partial charge in [0.1, 0.15) is 0 Å². The molecule has 0 atom stereocenters. The van der Waals surface area contributed by atoms with Crippen LogP contribution < -0.4 is 10.5 Å². The van der Waals surface area contributed by atoms with Crippen LogP contribution in [0.2, 0.25) is 0 Å². The Hall–Kier alpha value is -0.910. The van der Waals surface area contributed by atoms with E-state index in [4.69, 9.17) is 5.73 Å². The molecule has 0 aliphatic carbocycles. The largest absolute Gasteiger partial charge is 0.326 e. The van der Waals surface area contributed by atoms with Crippen LogP contribution in [0.3, 0.4) is 0 Å². The van der Waals surface area contributed by atoms with Crippen LogP contribution in [0.1, 0.15) is 11.1 Å². The van der Waals surface area contributed by atoms with Crippen molar-refractivity contribution in [3.8, 4) is 0 Å². The van der Waals surface area contributed by atoms with Gasteiger partial charge in [-0.1, -0.05) is 12.1 Å². The minimum atomic E-state index is -3.34. The molecule has 14 heavy (non-hydrogen) atoms. The molecule has 0 saturated heterocycles. The standard InChI is InChI=1S/C9H14N2O2S/c1-7-5-8(6-10)3-4-9(7)14(12,13)11-2/h3-5,11H,6,10H2,1-2H3. The lowest BCUT2D eigenvalue weighted by Crippen LogP contribution is -2.19. The lowest BCUT2D eigenvalue weighted by molar-refractivity contribution is 0.587. The van der Waals surface area contributed by atoms with E-state index >= 15 is 0 Å². The zero-order valence-electron chi connectivity index (χ0n) is 8.24. The molecule has 0 bridgehead atoms. The fourth-order valence-electron chi connectivity index (χ4n) is 1.25. The van der Waals surface area contributed by atoms with Gasteiger partial charge in [-0.15, -0.1) is 0 Å². The van der Waals surface area contributed by atoms with Crippen molar-refractivity contribution in [1.29, 1.82) is 0 Å². The average molecular weight is 214 g/mol. The molecule has 5 heteroatoms. The summed E-state index contributed by atoms with van der Waals surface area (Å²) in [6.45, 7) is 2.17. The summed E-state index contributed by atoms with van der Waals surface area (Å²) in [7, 11) is -1.95. The first-order valence-electron chi connectivity index (χ1n) is 4.24. The number of aryl methyl sites for hydroxylation is 1. The quantitative estimate of drug-likeness (QED) is 0.763. The van der Waals surface area contributed by atoms with Gasteiger partial charge >= 0.3 is 0 Å². The van der Waals surface area contributed by atoms with Crippen molar-refractivity contribution in [2.45, 2.75) is 18.4 Å². The summed E-state index contributed by atoms with van der Waals surface area (Å²) >= 11 is 0. The van der Waals surface area contributed by atoms with Crippen LogP contribution in [0, 0.1) is 6.92 Å². The number of rotatable bonds is 3. The van der Waals surface area contributed by atoms with E-state index in [0.717, 1.165) is 5.56 Å². The lowest BCUT2D eigenvalue weighted by Gasteiger charge is -2.07. The summed E-state index contributed by atoms with van der Waals surface area (Å²) in [6, 6.07) is 5.07. The Morgan fingerprint density at radius 3 is 2.50 bits per heavy atom. The van der Waals surface area contributed by atoms with Crippen LogP contribution in [0.4, 0.5) is 0 Å². The van der Waals surface area contributed by atoms with Crippen LogP contribution >= 0.6 is 0 Å². The average Bonchev–Trinajstić information content (AvgIpc) is 2.17. The first-order valence-corrected chi connectivity index (χ1v) is 5.72. The highest BCUT2D eigenvalue weighted by atomic mass is 32.2. The Labute approximate surface area is 84.2 Å². The number of nitrogens with one attached hydrogen (secondary N) is 1. The summed E-state index contributed by atoms with van der Waals surface area (Å²) in [6.07, 6.45) is 0. The van der Waals surface area contributed by atoms with Crippen molar-refractivity contribution >= 4 is 10.0 Å². The van der Waals surface area contributed by atoms with E-state index in [1.807, 2.05) is 0 Å². The predicted molar refractivity (Wildman–Crippen MR) is 55.3 cm³/mol. The van der Waals surface area contributed by atoms with Crippen LogP contribution in [0.5, 0.6) is 0 Å². The Kier molecular flexibility index (Phi) is 3.25. The smallest absolute Gasteiger partial charge is 0.240 e. The first kappa shape index (κ1) is 11.2. The maximum absolute atomic E-state index is 11.5. The Balaban J connectivity index is 3.26. The van der Waals surface area contributed by atoms with Gasteiger partial charge in [-0.3, -0.25) is 0 Å². The Bertz CT molecular complexity index is 426. The third kappa shape index (κ3) is 2.12. The van der Waals surface area contributed by atoms with Gasteiger partial charge in [0.05, 0.1) is 4.90 Å². The highest BCUT2D eigenvalue weighted by molar-refractivity contribution is 7.89. The highest BCUT2D eigenvalue weighted by Gasteiger charge is 2.13. The summed E-state index contributed by atoms with van der Waals surface area (Å²) in [4.78, 5) is 0.303. The molecule has 1 aromatic carbocycles. The van der Waals surface area contributed by atoms with Crippen LogP contribution in [0.15, 0.2) is 23.1 Å². The molecule has 3 N–H and O–H groups in total. The second-order valence-electron chi connectivity index (χ2n) is 3.01. The molecule has 0 fully saturated rings. The van der Waals surface area contributed by atoms with Gasteiger partial charge in [-0.05, 0) is 31.2 Å². The number of nitrogens with two attached hydrogens (primary N) is 1. The Morgan fingerprint density at radius 2 is 2.07 bits per heavy atom. The molecule has 0 spiro atoms. The maximum atomic E-state index is 11.5. The van der Waals surface area contributed by atoms with Gasteiger partial charge < -0.3 is 5.73 Å². The third-order valence-corrected chi connectivity index (χ3v) is 3.61. The normalized spacial score (nSPS) is 11.6. The summed E-state index contributed by atoms with van der Waals surface area (Å²) in [5, 5.41) is 0. The molecule has 0 unspecified atom stereocenters. The molecule has 0 aliphatic rings. The molecular formula is C9H14N2O2S. The number of benzene rings is 1. The zero-order chi connectivity index (χ0) is 10.8. The van der Waals surface area contributed by atoms with E-state index in [-0.39, 0.29) is 0 Å². The highest BCUT2D eigenvalue weighted by Crippen LogP contribution is 2.15. The molecular weight excluding hydrogens is 200 g/mol. The molecule has 4 nitrogen and oxygen atoms in total. The van der Waals surface area contributed by atoms with Gasteiger partial charge in [0.2, 0.25) is 10.0 Å². The van der Waals surface area contributed by atoms with Crippen LogP contribution in [-0.2, 0) is 16.6 Å². The van der Waals surface area contributed by atoms with Crippen molar-refractivity contribution in [2.75, 3.05) is 7.05 Å². The second-order valence-corrected chi connectivity index (χ2v) is 4.87. The molecule has 0 aliphatic heterocycles. The molecule has 0 radical (unpaired) electrons. The van der Waals surface area contributed by atoms with E-state index in [9.17, 15) is 8.42 Å². The topological polar surface area (TPSA) is 72.2 Å². The van der Waals surface area contributed by atoms with E-state index in [1.165, 1.54) is 7.05 Å². The van der Waals surface area contributed by atoms with Crippen molar-refractivity contribution < 1.29 is 8.42 Å². The van der Waals surface area contributed by atoms with Gasteiger partial charge in [0.25, 0.3) is 0 Å². The summed E-state index contributed by atoms with van der Waals surface area (Å²) < 4.78 is 25.2. The van der Waals surface area contributed by atoms with E-state index in [1.54, 1.807) is 25.1 Å². The molecule has 0 amide bonds. The fourth-order valence-corrected chi connectivity index (χ4v) is 2.20. The van der Waals surface area contributed by atoms with Crippen molar-refractivity contribution in [3.63, 3.8) is 0 Å². The molecule has 0 saturated carbocycles. The minimum Gasteiger partial charge on any atom is -0.326 e. The molecule has 78 valence electrons. The van der Waals surface area contributed by atoms with Crippen molar-refractivity contribution in [1.82, 2.24) is 4.72 Å². The molecule has 1 aromatic rings. The van der Waals surface area contributed by atoms with Gasteiger partial charge in [-0.25, -0.2) is 13.1 Å². The summed E-state index contributed by atoms with van der Waals surface area (Å²) in [5.74, 6) is 0. The van der Waals surface area contributed by atoms with Crippen LogP contribution in [-0.4, -0.2) is 15.5 Å². The molecule has 0 heterocycles. The second kappa shape index (κ2) is 4.08.